The van der Waals surface area contributed by atoms with Gasteiger partial charge < -0.3 is 10.6 Å². The maximum Gasteiger partial charge on any atom is 0.255 e. The van der Waals surface area contributed by atoms with Crippen molar-refractivity contribution in [2.75, 3.05) is 23.6 Å². The van der Waals surface area contributed by atoms with E-state index in [2.05, 4.69) is 4.72 Å². The van der Waals surface area contributed by atoms with Crippen molar-refractivity contribution < 1.29 is 13.2 Å². The van der Waals surface area contributed by atoms with Gasteiger partial charge in [-0.3, -0.25) is 9.52 Å². The Morgan fingerprint density at radius 2 is 1.95 bits per heavy atom. The zero-order valence-electron chi connectivity index (χ0n) is 12.8. The largest absolute Gasteiger partial charge is 0.338 e. The minimum Gasteiger partial charge on any atom is -0.338 e. The number of anilines is 1. The quantitative estimate of drug-likeness (QED) is 0.856. The average molecular weight is 325 g/mol. The Bertz CT molecular complexity index is 623. The van der Waals surface area contributed by atoms with Crippen molar-refractivity contribution in [3.05, 3.63) is 29.8 Å². The lowest BCUT2D eigenvalue weighted by molar-refractivity contribution is 0.0716. The molecule has 3 N–H and O–H groups in total. The SMILES string of the molecule is CCCS(=O)(=O)Nc1ccccc1C(=O)N1CCC(N)CC1. The first kappa shape index (κ1) is 16.8. The van der Waals surface area contributed by atoms with E-state index in [1.807, 2.05) is 0 Å². The van der Waals surface area contributed by atoms with E-state index in [1.54, 1.807) is 36.1 Å². The molecule has 2 rings (SSSR count). The predicted molar refractivity (Wildman–Crippen MR) is 87.3 cm³/mol. The number of nitrogens with one attached hydrogen (secondary N) is 1. The lowest BCUT2D eigenvalue weighted by atomic mass is 10.0. The van der Waals surface area contributed by atoms with Crippen molar-refractivity contribution in [3.63, 3.8) is 0 Å². The minimum absolute atomic E-state index is 0.0358. The number of benzene rings is 1. The molecule has 0 saturated carbocycles. The van der Waals surface area contributed by atoms with Crippen molar-refractivity contribution in [1.29, 1.82) is 0 Å². The molecule has 22 heavy (non-hydrogen) atoms. The molecule has 122 valence electrons. The summed E-state index contributed by atoms with van der Waals surface area (Å²) in [7, 11) is -3.42. The van der Waals surface area contributed by atoms with Crippen LogP contribution < -0.4 is 10.5 Å². The molecule has 1 heterocycles. The molecule has 0 aromatic heterocycles. The molecular formula is C15H23N3O3S. The molecule has 1 aromatic rings. The Morgan fingerprint density at radius 1 is 1.32 bits per heavy atom. The van der Waals surface area contributed by atoms with E-state index >= 15 is 0 Å². The summed E-state index contributed by atoms with van der Waals surface area (Å²) in [5, 5.41) is 0. The van der Waals surface area contributed by atoms with Crippen LogP contribution >= 0.6 is 0 Å². The van der Waals surface area contributed by atoms with E-state index in [1.165, 1.54) is 0 Å². The number of carbonyl (C=O) groups excluding carboxylic acids is 1. The monoisotopic (exact) mass is 325 g/mol. The van der Waals surface area contributed by atoms with E-state index in [0.29, 0.717) is 30.8 Å². The summed E-state index contributed by atoms with van der Waals surface area (Å²) in [6, 6.07) is 6.87. The summed E-state index contributed by atoms with van der Waals surface area (Å²) in [4.78, 5) is 14.4. The molecule has 1 saturated heterocycles. The van der Waals surface area contributed by atoms with Crippen LogP contribution in [0.25, 0.3) is 0 Å². The van der Waals surface area contributed by atoms with E-state index in [4.69, 9.17) is 5.73 Å². The van der Waals surface area contributed by atoms with E-state index in [-0.39, 0.29) is 17.7 Å². The van der Waals surface area contributed by atoms with Crippen LogP contribution in [-0.4, -0.2) is 44.1 Å². The molecule has 6 nitrogen and oxygen atoms in total. The summed E-state index contributed by atoms with van der Waals surface area (Å²) < 4.78 is 26.4. The smallest absolute Gasteiger partial charge is 0.255 e. The van der Waals surface area contributed by atoms with Gasteiger partial charge in [-0.2, -0.15) is 0 Å². The van der Waals surface area contributed by atoms with Gasteiger partial charge in [0.05, 0.1) is 17.0 Å². The Hall–Kier alpha value is -1.60. The number of nitrogens with two attached hydrogens (primary N) is 1. The van der Waals surface area contributed by atoms with Crippen molar-refractivity contribution in [2.24, 2.45) is 5.73 Å². The third-order valence-corrected chi connectivity index (χ3v) is 5.20. The Morgan fingerprint density at radius 3 is 2.59 bits per heavy atom. The van der Waals surface area contributed by atoms with Crippen molar-refractivity contribution in [2.45, 2.75) is 32.2 Å². The molecule has 0 radical (unpaired) electrons. The van der Waals surface area contributed by atoms with Crippen LogP contribution in [-0.2, 0) is 10.0 Å². The van der Waals surface area contributed by atoms with Crippen molar-refractivity contribution >= 4 is 21.6 Å². The first-order valence-corrected chi connectivity index (χ1v) is 9.22. The lowest BCUT2D eigenvalue weighted by Gasteiger charge is -2.30. The number of hydrogen-bond acceptors (Lipinski definition) is 4. The second kappa shape index (κ2) is 7.11. The molecule has 1 aliphatic heterocycles. The summed E-state index contributed by atoms with van der Waals surface area (Å²) in [5.41, 5.74) is 6.58. The second-order valence-corrected chi connectivity index (χ2v) is 7.44. The summed E-state index contributed by atoms with van der Waals surface area (Å²) in [6.45, 7) is 3.01. The van der Waals surface area contributed by atoms with Gasteiger partial charge in [-0.1, -0.05) is 19.1 Å². The van der Waals surface area contributed by atoms with E-state index < -0.39 is 10.0 Å². The standard InChI is InChI=1S/C15H23N3O3S/c1-2-11-22(20,21)17-14-6-4-3-5-13(14)15(19)18-9-7-12(16)8-10-18/h3-6,12,17H,2,7-11,16H2,1H3. The molecule has 1 aromatic carbocycles. The molecule has 1 amide bonds. The van der Waals surface area contributed by atoms with E-state index in [9.17, 15) is 13.2 Å². The number of piperidine rings is 1. The Labute approximate surface area is 131 Å². The summed E-state index contributed by atoms with van der Waals surface area (Å²) in [5.74, 6) is -0.115. The highest BCUT2D eigenvalue weighted by atomic mass is 32.2. The normalized spacial score (nSPS) is 16.5. The zero-order chi connectivity index (χ0) is 16.2. The molecule has 0 spiro atoms. The number of rotatable bonds is 5. The number of nitrogens with zero attached hydrogens (tertiary/aromatic N) is 1. The lowest BCUT2D eigenvalue weighted by Crippen LogP contribution is -2.43. The summed E-state index contributed by atoms with van der Waals surface area (Å²) in [6.07, 6.45) is 2.07. The maximum absolute atomic E-state index is 12.6. The number of carbonyl (C=O) groups is 1. The van der Waals surface area contributed by atoms with Crippen LogP contribution in [0.1, 0.15) is 36.5 Å². The van der Waals surface area contributed by atoms with Gasteiger partial charge in [0.1, 0.15) is 0 Å². The fourth-order valence-corrected chi connectivity index (χ4v) is 3.67. The number of para-hydroxylation sites is 1. The number of sulfonamides is 1. The highest BCUT2D eigenvalue weighted by molar-refractivity contribution is 7.92. The Kier molecular flexibility index (Phi) is 5.42. The van der Waals surface area contributed by atoms with E-state index in [0.717, 1.165) is 12.8 Å². The van der Waals surface area contributed by atoms with Gasteiger partial charge >= 0.3 is 0 Å². The number of hydrogen-bond donors (Lipinski definition) is 2. The number of amides is 1. The zero-order valence-corrected chi connectivity index (χ0v) is 13.6. The van der Waals surface area contributed by atoms with Gasteiger partial charge in [-0.25, -0.2) is 8.42 Å². The predicted octanol–water partition coefficient (Wildman–Crippen LogP) is 1.40. The Balaban J connectivity index is 2.19. The first-order chi connectivity index (χ1) is 10.4. The van der Waals surface area contributed by atoms with Gasteiger partial charge in [0, 0.05) is 19.1 Å². The van der Waals surface area contributed by atoms with Gasteiger partial charge in [0.25, 0.3) is 5.91 Å². The third-order valence-electron chi connectivity index (χ3n) is 3.72. The molecule has 1 aliphatic rings. The van der Waals surface area contributed by atoms with Crippen LogP contribution in [0.4, 0.5) is 5.69 Å². The fourth-order valence-electron chi connectivity index (χ4n) is 2.52. The third kappa shape index (κ3) is 4.20. The van der Waals surface area contributed by atoms with Gasteiger partial charge in [0.2, 0.25) is 10.0 Å². The molecule has 7 heteroatoms. The highest BCUT2D eigenvalue weighted by Gasteiger charge is 2.24. The van der Waals surface area contributed by atoms with Crippen LogP contribution in [0.3, 0.4) is 0 Å². The topological polar surface area (TPSA) is 92.5 Å². The van der Waals surface area contributed by atoms with Gasteiger partial charge in [-0.15, -0.1) is 0 Å². The molecular weight excluding hydrogens is 302 g/mol. The van der Waals surface area contributed by atoms with Gasteiger partial charge in [-0.05, 0) is 31.4 Å². The fraction of sp³-hybridized carbons (Fsp3) is 0.533. The summed E-state index contributed by atoms with van der Waals surface area (Å²) >= 11 is 0. The average Bonchev–Trinajstić information content (AvgIpc) is 2.47. The van der Waals surface area contributed by atoms with Crippen molar-refractivity contribution in [3.8, 4) is 0 Å². The van der Waals surface area contributed by atoms with Crippen LogP contribution in [0.15, 0.2) is 24.3 Å². The van der Waals surface area contributed by atoms with Crippen LogP contribution in [0.2, 0.25) is 0 Å². The number of likely N-dealkylation sites (tertiary alicyclic amines) is 1. The second-order valence-electron chi connectivity index (χ2n) is 5.60. The van der Waals surface area contributed by atoms with Crippen molar-refractivity contribution in [1.82, 2.24) is 4.90 Å². The highest BCUT2D eigenvalue weighted by Crippen LogP contribution is 2.21. The van der Waals surface area contributed by atoms with Crippen LogP contribution in [0.5, 0.6) is 0 Å². The first-order valence-electron chi connectivity index (χ1n) is 7.57. The molecule has 0 unspecified atom stereocenters. The van der Waals surface area contributed by atoms with Crippen LogP contribution in [0, 0.1) is 0 Å². The molecule has 1 fully saturated rings. The minimum atomic E-state index is -3.42. The molecule has 0 aliphatic carbocycles. The molecule has 0 bridgehead atoms. The maximum atomic E-state index is 12.6. The molecule has 0 atom stereocenters. The van der Waals surface area contributed by atoms with Gasteiger partial charge in [0.15, 0.2) is 0 Å².